The molecule has 10 nitrogen and oxygen atoms in total. The topological polar surface area (TPSA) is 135 Å². The average molecular weight is 551 g/mol. The lowest BCUT2D eigenvalue weighted by Gasteiger charge is -2.49. The molecule has 12 heteroatoms. The molecule has 2 atom stereocenters. The third-order valence-electron chi connectivity index (χ3n) is 5.07. The zero-order valence-corrected chi connectivity index (χ0v) is 20.2. The monoisotopic (exact) mass is 550 g/mol. The van der Waals surface area contributed by atoms with Gasteiger partial charge in [-0.05, 0) is 36.4 Å². The molecule has 2 aliphatic heterocycles. The van der Waals surface area contributed by atoms with E-state index in [1.54, 1.807) is 18.2 Å². The van der Waals surface area contributed by atoms with E-state index in [4.69, 9.17) is 13.9 Å². The van der Waals surface area contributed by atoms with Crippen LogP contribution < -0.4 is 10.1 Å². The van der Waals surface area contributed by atoms with E-state index in [-0.39, 0.29) is 30.4 Å². The summed E-state index contributed by atoms with van der Waals surface area (Å²) in [6, 6.07) is 9.41. The highest BCUT2D eigenvalue weighted by Gasteiger charge is 2.54. The van der Waals surface area contributed by atoms with E-state index >= 15 is 0 Å². The number of carbonyl (C=O) groups is 4. The van der Waals surface area contributed by atoms with Gasteiger partial charge in [-0.25, -0.2) is 4.79 Å². The number of carbonyl (C=O) groups excluding carboxylic acids is 3. The van der Waals surface area contributed by atoms with Crippen LogP contribution in [0.15, 0.2) is 56.6 Å². The van der Waals surface area contributed by atoms with Crippen molar-refractivity contribution in [1.29, 1.82) is 0 Å². The van der Waals surface area contributed by atoms with Crippen molar-refractivity contribution in [2.45, 2.75) is 24.9 Å². The van der Waals surface area contributed by atoms with Gasteiger partial charge in [-0.3, -0.25) is 19.3 Å². The van der Waals surface area contributed by atoms with Crippen molar-refractivity contribution in [3.8, 4) is 5.75 Å². The van der Waals surface area contributed by atoms with Crippen molar-refractivity contribution in [2.24, 2.45) is 0 Å². The SMILES string of the molecule is CC(=O)OCC1=C(C(=O)O)N2C(=O)[C@@H](NC(=O)c3ccc(COc4ccc(Br)cc4)o3)[C@@H]2SC1. The summed E-state index contributed by atoms with van der Waals surface area (Å²) >= 11 is 4.62. The Labute approximate surface area is 206 Å². The fourth-order valence-electron chi connectivity index (χ4n) is 3.46. The molecule has 3 heterocycles. The van der Waals surface area contributed by atoms with Crippen molar-refractivity contribution in [2.75, 3.05) is 12.4 Å². The minimum atomic E-state index is -1.30. The largest absolute Gasteiger partial charge is 0.486 e. The lowest BCUT2D eigenvalue weighted by atomic mass is 10.0. The third-order valence-corrected chi connectivity index (χ3v) is 6.93. The number of hydrogen-bond donors (Lipinski definition) is 2. The molecular formula is C22H19BrN2O8S. The number of halogens is 1. The number of carboxylic acids is 1. The van der Waals surface area contributed by atoms with E-state index < -0.39 is 35.2 Å². The Bertz CT molecular complexity index is 1180. The standard InChI is InChI=1S/C22H19BrN2O8S/c1-11(26)31-8-12-10-34-21-17(20(28)25(21)18(12)22(29)30)24-19(27)16-7-6-15(33-16)9-32-14-4-2-13(23)3-5-14/h2-7,17,21H,8-10H2,1H3,(H,24,27)(H,29,30)/t17-,21+/m1/s1. The normalized spacial score (nSPS) is 19.2. The summed E-state index contributed by atoms with van der Waals surface area (Å²) < 4.78 is 17.0. The van der Waals surface area contributed by atoms with Gasteiger partial charge in [-0.15, -0.1) is 11.8 Å². The predicted octanol–water partition coefficient (Wildman–Crippen LogP) is 2.54. The molecule has 1 fully saturated rings. The molecule has 2 N–H and O–H groups in total. The van der Waals surface area contributed by atoms with Crippen LogP contribution in [0.3, 0.4) is 0 Å². The smallest absolute Gasteiger partial charge is 0.352 e. The van der Waals surface area contributed by atoms with Crippen LogP contribution in [-0.2, 0) is 25.7 Å². The fourth-order valence-corrected chi connectivity index (χ4v) is 5.05. The number of thioether (sulfide) groups is 1. The summed E-state index contributed by atoms with van der Waals surface area (Å²) in [6.07, 6.45) is 0. The molecule has 1 saturated heterocycles. The Balaban J connectivity index is 1.37. The number of nitrogens with zero attached hydrogens (tertiary/aromatic N) is 1. The van der Waals surface area contributed by atoms with E-state index in [2.05, 4.69) is 21.2 Å². The molecule has 4 rings (SSSR count). The number of benzene rings is 1. The quantitative estimate of drug-likeness (QED) is 0.375. The minimum Gasteiger partial charge on any atom is -0.486 e. The number of fused-ring (bicyclic) bond motifs is 1. The summed E-state index contributed by atoms with van der Waals surface area (Å²) in [5, 5.41) is 11.6. The van der Waals surface area contributed by atoms with Gasteiger partial charge in [-0.1, -0.05) is 15.9 Å². The molecule has 0 spiro atoms. The maximum Gasteiger partial charge on any atom is 0.352 e. The first-order valence-corrected chi connectivity index (χ1v) is 11.9. The number of β-lactam (4-membered cyclic amide) rings is 1. The molecule has 0 radical (unpaired) electrons. The molecule has 2 aromatic rings. The molecule has 0 bridgehead atoms. The average Bonchev–Trinajstić information content (AvgIpc) is 3.29. The molecule has 2 amide bonds. The molecule has 2 aliphatic rings. The number of ether oxygens (including phenoxy) is 2. The van der Waals surface area contributed by atoms with Crippen LogP contribution in [0.25, 0.3) is 0 Å². The molecular weight excluding hydrogens is 532 g/mol. The van der Waals surface area contributed by atoms with Crippen LogP contribution in [0, 0.1) is 0 Å². The van der Waals surface area contributed by atoms with Gasteiger partial charge in [0.1, 0.15) is 41.8 Å². The zero-order valence-electron chi connectivity index (χ0n) is 17.8. The second kappa shape index (κ2) is 9.94. The molecule has 1 aromatic carbocycles. The lowest BCUT2D eigenvalue weighted by Crippen LogP contribution is -2.70. The molecule has 178 valence electrons. The highest BCUT2D eigenvalue weighted by atomic mass is 79.9. The summed E-state index contributed by atoms with van der Waals surface area (Å²) in [4.78, 5) is 49.3. The molecule has 0 saturated carbocycles. The Kier molecular flexibility index (Phi) is 6.98. The summed E-state index contributed by atoms with van der Waals surface area (Å²) in [5.74, 6) is -1.70. The Hall–Kier alpha value is -3.25. The Morgan fingerprint density at radius 1 is 1.21 bits per heavy atom. The van der Waals surface area contributed by atoms with E-state index in [9.17, 15) is 24.3 Å². The van der Waals surface area contributed by atoms with E-state index in [0.29, 0.717) is 17.1 Å². The van der Waals surface area contributed by atoms with Gasteiger partial charge in [0, 0.05) is 22.7 Å². The first-order valence-electron chi connectivity index (χ1n) is 10.1. The molecule has 0 unspecified atom stereocenters. The van der Waals surface area contributed by atoms with Crippen LogP contribution in [-0.4, -0.2) is 57.5 Å². The maximum atomic E-state index is 12.7. The van der Waals surface area contributed by atoms with Gasteiger partial charge in [-0.2, -0.15) is 0 Å². The number of rotatable bonds is 8. The van der Waals surface area contributed by atoms with Gasteiger partial charge in [0.05, 0.1) is 0 Å². The minimum absolute atomic E-state index is 0.00557. The molecule has 0 aliphatic carbocycles. The van der Waals surface area contributed by atoms with E-state index in [1.165, 1.54) is 24.8 Å². The van der Waals surface area contributed by atoms with Crippen LogP contribution in [0.4, 0.5) is 0 Å². The highest BCUT2D eigenvalue weighted by molar-refractivity contribution is 9.10. The van der Waals surface area contributed by atoms with Crippen molar-refractivity contribution < 1.29 is 38.2 Å². The summed E-state index contributed by atoms with van der Waals surface area (Å²) in [5.41, 5.74) is 0.106. The lowest BCUT2D eigenvalue weighted by molar-refractivity contribution is -0.149. The first-order chi connectivity index (χ1) is 16.2. The van der Waals surface area contributed by atoms with Gasteiger partial charge in [0.2, 0.25) is 0 Å². The van der Waals surface area contributed by atoms with Crippen molar-refractivity contribution in [3.05, 3.63) is 63.7 Å². The van der Waals surface area contributed by atoms with Crippen molar-refractivity contribution in [3.63, 3.8) is 0 Å². The molecule has 1 aromatic heterocycles. The van der Waals surface area contributed by atoms with Crippen LogP contribution in [0.1, 0.15) is 23.2 Å². The highest BCUT2D eigenvalue weighted by Crippen LogP contribution is 2.40. The first kappa shape index (κ1) is 23.9. The van der Waals surface area contributed by atoms with E-state index in [0.717, 1.165) is 9.37 Å². The van der Waals surface area contributed by atoms with Crippen LogP contribution in [0.2, 0.25) is 0 Å². The van der Waals surface area contributed by atoms with Gasteiger partial charge in [0.25, 0.3) is 11.8 Å². The molecule has 34 heavy (non-hydrogen) atoms. The Morgan fingerprint density at radius 2 is 1.94 bits per heavy atom. The zero-order chi connectivity index (χ0) is 24.4. The number of hydrogen-bond acceptors (Lipinski definition) is 8. The van der Waals surface area contributed by atoms with Gasteiger partial charge in [0.15, 0.2) is 5.76 Å². The number of esters is 1. The summed E-state index contributed by atoms with van der Waals surface area (Å²) in [6.45, 7) is 1.11. The second-order valence-corrected chi connectivity index (χ2v) is 9.43. The third kappa shape index (κ3) is 4.97. The van der Waals surface area contributed by atoms with Gasteiger partial charge >= 0.3 is 11.9 Å². The van der Waals surface area contributed by atoms with Gasteiger partial charge < -0.3 is 24.3 Å². The summed E-state index contributed by atoms with van der Waals surface area (Å²) in [7, 11) is 0. The van der Waals surface area contributed by atoms with Crippen molar-refractivity contribution >= 4 is 51.4 Å². The van der Waals surface area contributed by atoms with Crippen LogP contribution >= 0.6 is 27.7 Å². The fraction of sp³-hybridized carbons (Fsp3) is 0.273. The number of nitrogens with one attached hydrogen (secondary N) is 1. The number of furan rings is 1. The second-order valence-electron chi connectivity index (χ2n) is 7.41. The van der Waals surface area contributed by atoms with Crippen LogP contribution in [0.5, 0.6) is 5.75 Å². The van der Waals surface area contributed by atoms with E-state index in [1.807, 2.05) is 12.1 Å². The Morgan fingerprint density at radius 3 is 2.62 bits per heavy atom. The van der Waals surface area contributed by atoms with Crippen molar-refractivity contribution in [1.82, 2.24) is 10.2 Å². The number of carboxylic acid groups (broad SMARTS) is 1. The number of aliphatic carboxylic acids is 1. The predicted molar refractivity (Wildman–Crippen MR) is 123 cm³/mol. The number of amides is 2. The maximum absolute atomic E-state index is 12.7.